The average molecular weight is 296 g/mol. The van der Waals surface area contributed by atoms with Crippen LogP contribution in [0.4, 0.5) is 10.1 Å². The van der Waals surface area contributed by atoms with Gasteiger partial charge in [-0.05, 0) is 42.8 Å². The molecule has 22 heavy (non-hydrogen) atoms. The predicted octanol–water partition coefficient (Wildman–Crippen LogP) is 3.43. The number of nitrogens with one attached hydrogen (secondary N) is 1. The van der Waals surface area contributed by atoms with Crippen LogP contribution in [-0.4, -0.2) is 16.3 Å². The van der Waals surface area contributed by atoms with Crippen LogP contribution in [0.1, 0.15) is 11.1 Å². The SMILES string of the molecule is Cc1cc(=O)[nH]c2cc(N=Cc3cc(F)ccc3O)ccc12. The van der Waals surface area contributed by atoms with Crippen molar-refractivity contribution in [1.29, 1.82) is 0 Å². The van der Waals surface area contributed by atoms with E-state index in [1.807, 2.05) is 13.0 Å². The fourth-order valence-electron chi connectivity index (χ4n) is 2.28. The minimum atomic E-state index is -0.447. The van der Waals surface area contributed by atoms with E-state index in [1.54, 1.807) is 12.1 Å². The summed E-state index contributed by atoms with van der Waals surface area (Å²) in [5.74, 6) is -0.493. The van der Waals surface area contributed by atoms with E-state index in [0.29, 0.717) is 11.2 Å². The number of halogens is 1. The fourth-order valence-corrected chi connectivity index (χ4v) is 2.28. The lowest BCUT2D eigenvalue weighted by Gasteiger charge is -2.03. The van der Waals surface area contributed by atoms with Crippen LogP contribution in [0, 0.1) is 12.7 Å². The molecular formula is C17H13FN2O2. The molecule has 0 unspecified atom stereocenters. The Labute approximate surface area is 125 Å². The van der Waals surface area contributed by atoms with Gasteiger partial charge in [-0.25, -0.2) is 4.39 Å². The minimum absolute atomic E-state index is 0.0461. The number of hydrogen-bond acceptors (Lipinski definition) is 3. The van der Waals surface area contributed by atoms with Crippen LogP contribution in [0.3, 0.4) is 0 Å². The van der Waals surface area contributed by atoms with Crippen molar-refractivity contribution in [2.45, 2.75) is 6.92 Å². The Morgan fingerprint density at radius 3 is 2.82 bits per heavy atom. The van der Waals surface area contributed by atoms with E-state index in [1.165, 1.54) is 30.5 Å². The first-order valence-corrected chi connectivity index (χ1v) is 6.69. The summed E-state index contributed by atoms with van der Waals surface area (Å²) in [5.41, 5.74) is 2.28. The van der Waals surface area contributed by atoms with Crippen molar-refractivity contribution in [3.05, 3.63) is 69.8 Å². The number of aromatic nitrogens is 1. The smallest absolute Gasteiger partial charge is 0.248 e. The van der Waals surface area contributed by atoms with E-state index in [2.05, 4.69) is 9.98 Å². The maximum absolute atomic E-state index is 13.2. The second-order valence-corrected chi connectivity index (χ2v) is 5.01. The quantitative estimate of drug-likeness (QED) is 0.711. The Bertz CT molecular complexity index is 945. The molecule has 0 saturated carbocycles. The van der Waals surface area contributed by atoms with Crippen molar-refractivity contribution in [3.8, 4) is 5.75 Å². The molecule has 0 aliphatic heterocycles. The third-order valence-electron chi connectivity index (χ3n) is 3.38. The maximum Gasteiger partial charge on any atom is 0.248 e. The van der Waals surface area contributed by atoms with E-state index in [9.17, 15) is 14.3 Å². The number of benzene rings is 2. The molecule has 0 fully saturated rings. The largest absolute Gasteiger partial charge is 0.507 e. The Hall–Kier alpha value is -2.95. The van der Waals surface area contributed by atoms with Crippen molar-refractivity contribution >= 4 is 22.8 Å². The van der Waals surface area contributed by atoms with Crippen LogP contribution < -0.4 is 5.56 Å². The molecule has 4 nitrogen and oxygen atoms in total. The number of aromatic hydroxyl groups is 1. The first-order chi connectivity index (χ1) is 10.5. The van der Waals surface area contributed by atoms with Crippen molar-refractivity contribution in [2.75, 3.05) is 0 Å². The third-order valence-corrected chi connectivity index (χ3v) is 3.38. The molecule has 0 aliphatic rings. The topological polar surface area (TPSA) is 65.5 Å². The molecule has 0 aliphatic carbocycles. The number of hydrogen-bond donors (Lipinski definition) is 2. The molecule has 0 amide bonds. The maximum atomic E-state index is 13.2. The molecule has 0 bridgehead atoms. The van der Waals surface area contributed by atoms with Gasteiger partial charge in [0, 0.05) is 23.2 Å². The Kier molecular flexibility index (Phi) is 3.47. The number of aromatic amines is 1. The minimum Gasteiger partial charge on any atom is -0.507 e. The van der Waals surface area contributed by atoms with Gasteiger partial charge in [0.05, 0.1) is 11.2 Å². The monoisotopic (exact) mass is 296 g/mol. The number of aliphatic imine (C=N–C) groups is 1. The number of fused-ring (bicyclic) bond motifs is 1. The van der Waals surface area contributed by atoms with E-state index in [0.717, 1.165) is 10.9 Å². The highest BCUT2D eigenvalue weighted by Crippen LogP contribution is 2.22. The summed E-state index contributed by atoms with van der Waals surface area (Å²) in [6.45, 7) is 1.87. The lowest BCUT2D eigenvalue weighted by molar-refractivity contribution is 0.472. The van der Waals surface area contributed by atoms with Gasteiger partial charge in [-0.1, -0.05) is 6.07 Å². The van der Waals surface area contributed by atoms with Crippen molar-refractivity contribution < 1.29 is 9.50 Å². The first kappa shape index (κ1) is 14.0. The van der Waals surface area contributed by atoms with Crippen LogP contribution in [0.2, 0.25) is 0 Å². The molecule has 0 saturated heterocycles. The molecule has 0 atom stereocenters. The summed E-state index contributed by atoms with van der Waals surface area (Å²) in [7, 11) is 0. The summed E-state index contributed by atoms with van der Waals surface area (Å²) in [4.78, 5) is 18.5. The fraction of sp³-hybridized carbons (Fsp3) is 0.0588. The summed E-state index contributed by atoms with van der Waals surface area (Å²) >= 11 is 0. The van der Waals surface area contributed by atoms with Crippen molar-refractivity contribution in [1.82, 2.24) is 4.98 Å². The number of pyridine rings is 1. The molecule has 110 valence electrons. The van der Waals surface area contributed by atoms with E-state index in [4.69, 9.17) is 0 Å². The molecule has 1 aromatic heterocycles. The highest BCUT2D eigenvalue weighted by molar-refractivity contribution is 5.88. The summed E-state index contributed by atoms with van der Waals surface area (Å²) in [5, 5.41) is 10.6. The lowest BCUT2D eigenvalue weighted by atomic mass is 10.1. The van der Waals surface area contributed by atoms with Crippen LogP contribution in [0.15, 0.2) is 52.3 Å². The van der Waals surface area contributed by atoms with Crippen LogP contribution in [0.5, 0.6) is 5.75 Å². The molecule has 3 aromatic rings. The second-order valence-electron chi connectivity index (χ2n) is 5.01. The summed E-state index contributed by atoms with van der Waals surface area (Å²) in [6, 6.07) is 10.6. The van der Waals surface area contributed by atoms with Gasteiger partial charge in [-0.15, -0.1) is 0 Å². The van der Waals surface area contributed by atoms with Gasteiger partial charge >= 0.3 is 0 Å². The molecule has 2 N–H and O–H groups in total. The van der Waals surface area contributed by atoms with Crippen LogP contribution in [0.25, 0.3) is 10.9 Å². The summed E-state index contributed by atoms with van der Waals surface area (Å²) < 4.78 is 13.2. The highest BCUT2D eigenvalue weighted by atomic mass is 19.1. The van der Waals surface area contributed by atoms with Gasteiger partial charge in [0.15, 0.2) is 0 Å². The normalized spacial score (nSPS) is 11.4. The van der Waals surface area contributed by atoms with Gasteiger partial charge in [0.25, 0.3) is 0 Å². The van der Waals surface area contributed by atoms with E-state index < -0.39 is 5.82 Å². The zero-order valence-corrected chi connectivity index (χ0v) is 11.8. The van der Waals surface area contributed by atoms with Crippen LogP contribution >= 0.6 is 0 Å². The molecule has 0 radical (unpaired) electrons. The number of phenols is 1. The Balaban J connectivity index is 2.02. The number of aryl methyl sites for hydroxylation is 1. The molecule has 0 spiro atoms. The predicted molar refractivity (Wildman–Crippen MR) is 84.6 cm³/mol. The zero-order chi connectivity index (χ0) is 15.7. The number of nitrogens with zero attached hydrogens (tertiary/aromatic N) is 1. The van der Waals surface area contributed by atoms with Crippen molar-refractivity contribution in [3.63, 3.8) is 0 Å². The summed E-state index contributed by atoms with van der Waals surface area (Å²) in [6.07, 6.45) is 1.38. The highest BCUT2D eigenvalue weighted by Gasteiger charge is 2.02. The second kappa shape index (κ2) is 5.44. The molecular weight excluding hydrogens is 283 g/mol. The first-order valence-electron chi connectivity index (χ1n) is 6.69. The van der Waals surface area contributed by atoms with Gasteiger partial charge in [0.2, 0.25) is 5.56 Å². The number of H-pyrrole nitrogens is 1. The van der Waals surface area contributed by atoms with Gasteiger partial charge in [-0.2, -0.15) is 0 Å². The zero-order valence-electron chi connectivity index (χ0n) is 11.8. The Morgan fingerprint density at radius 1 is 1.18 bits per heavy atom. The standard InChI is InChI=1S/C17H13FN2O2/c1-10-6-17(22)20-15-8-13(3-4-14(10)15)19-9-11-7-12(18)2-5-16(11)21/h2-9,21H,1H3,(H,20,22). The van der Waals surface area contributed by atoms with Crippen LogP contribution in [-0.2, 0) is 0 Å². The van der Waals surface area contributed by atoms with E-state index in [-0.39, 0.29) is 16.9 Å². The van der Waals surface area contributed by atoms with Gasteiger partial charge < -0.3 is 10.1 Å². The number of phenolic OH excluding ortho intramolecular Hbond substituents is 1. The molecule has 3 rings (SSSR count). The third kappa shape index (κ3) is 2.74. The Morgan fingerprint density at radius 2 is 2.00 bits per heavy atom. The van der Waals surface area contributed by atoms with E-state index >= 15 is 0 Å². The van der Waals surface area contributed by atoms with Crippen molar-refractivity contribution in [2.24, 2.45) is 4.99 Å². The average Bonchev–Trinajstić information content (AvgIpc) is 2.47. The van der Waals surface area contributed by atoms with Gasteiger partial charge in [0.1, 0.15) is 11.6 Å². The molecule has 2 aromatic carbocycles. The molecule has 5 heteroatoms. The van der Waals surface area contributed by atoms with Gasteiger partial charge in [-0.3, -0.25) is 9.79 Å². The number of rotatable bonds is 2. The lowest BCUT2D eigenvalue weighted by Crippen LogP contribution is -2.04. The molecule has 1 heterocycles.